The number of nitrogens with zero attached hydrogens (tertiary/aromatic N) is 3. The first-order valence-electron chi connectivity index (χ1n) is 13.4. The van der Waals surface area contributed by atoms with Crippen LogP contribution in [0.4, 0.5) is 13.2 Å². The van der Waals surface area contributed by atoms with Gasteiger partial charge in [0, 0.05) is 25.6 Å². The van der Waals surface area contributed by atoms with Crippen LogP contribution in [0.15, 0.2) is 24.3 Å². The number of ether oxygens (including phenoxy) is 1. The second-order valence-electron chi connectivity index (χ2n) is 10.5. The van der Waals surface area contributed by atoms with Crippen LogP contribution in [0, 0.1) is 18.8 Å². The number of aliphatic hydroxyl groups excluding tert-OH is 1. The third-order valence-corrected chi connectivity index (χ3v) is 7.02. The number of rotatable bonds is 8. The molecule has 1 aliphatic heterocycles. The highest BCUT2D eigenvalue weighted by atomic mass is 19.4. The minimum Gasteiger partial charge on any atom is -0.406 e. The molecule has 9 heteroatoms. The molecule has 0 spiro atoms. The second-order valence-corrected chi connectivity index (χ2v) is 10.5. The van der Waals surface area contributed by atoms with Crippen molar-refractivity contribution in [1.29, 1.82) is 0 Å². The number of halogens is 3. The van der Waals surface area contributed by atoms with Crippen molar-refractivity contribution in [3.8, 4) is 11.4 Å². The Morgan fingerprint density at radius 1 is 1.16 bits per heavy atom. The topological polar surface area (TPSA) is 67.6 Å². The maximum atomic E-state index is 13.3. The number of amides is 1. The van der Waals surface area contributed by atoms with E-state index in [1.165, 1.54) is 43.5 Å². The Balaban J connectivity index is 0.000000414. The smallest absolute Gasteiger partial charge is 0.406 e. The first kappa shape index (κ1) is 29.0. The molecule has 1 aromatic carbocycles. The maximum absolute atomic E-state index is 13.3. The number of aromatic nitrogens is 2. The van der Waals surface area contributed by atoms with Crippen molar-refractivity contribution in [2.75, 3.05) is 19.7 Å². The molecule has 206 valence electrons. The van der Waals surface area contributed by atoms with E-state index in [-0.39, 0.29) is 17.6 Å². The highest BCUT2D eigenvalue weighted by Gasteiger charge is 2.36. The summed E-state index contributed by atoms with van der Waals surface area (Å²) in [5.74, 6) is 1.12. The summed E-state index contributed by atoms with van der Waals surface area (Å²) in [5.41, 5.74) is 2.80. The predicted molar refractivity (Wildman–Crippen MR) is 137 cm³/mol. The van der Waals surface area contributed by atoms with Gasteiger partial charge in [0.25, 0.3) is 5.91 Å². The Bertz CT molecular complexity index is 1010. The third kappa shape index (κ3) is 8.22. The number of unbranched alkanes of at least 4 members (excludes halogenated alkanes) is 1. The Labute approximate surface area is 217 Å². The van der Waals surface area contributed by atoms with Gasteiger partial charge >= 0.3 is 6.36 Å². The largest absolute Gasteiger partial charge is 0.573 e. The number of hydrogen-bond donors (Lipinski definition) is 1. The van der Waals surface area contributed by atoms with Crippen LogP contribution in [0.2, 0.25) is 0 Å². The van der Waals surface area contributed by atoms with E-state index >= 15 is 0 Å². The van der Waals surface area contributed by atoms with Gasteiger partial charge in [0.15, 0.2) is 0 Å². The van der Waals surface area contributed by atoms with Crippen molar-refractivity contribution in [3.05, 3.63) is 41.2 Å². The van der Waals surface area contributed by atoms with E-state index in [2.05, 4.69) is 30.6 Å². The van der Waals surface area contributed by atoms with Gasteiger partial charge in [-0.2, -0.15) is 5.10 Å². The fraction of sp³-hybridized carbons (Fsp3) is 0.643. The molecule has 1 atom stereocenters. The van der Waals surface area contributed by atoms with E-state index in [4.69, 9.17) is 5.11 Å². The highest BCUT2D eigenvalue weighted by Crippen LogP contribution is 2.44. The number of alkyl halides is 3. The van der Waals surface area contributed by atoms with Crippen LogP contribution < -0.4 is 4.74 Å². The molecule has 2 heterocycles. The lowest BCUT2D eigenvalue weighted by Gasteiger charge is -2.30. The number of carbonyl (C=O) groups excluding carboxylic acids is 1. The highest BCUT2D eigenvalue weighted by molar-refractivity contribution is 5.97. The van der Waals surface area contributed by atoms with Gasteiger partial charge in [0.05, 0.1) is 22.6 Å². The number of carbonyl (C=O) groups is 1. The molecule has 2 aromatic rings. The molecule has 0 bridgehead atoms. The number of aliphatic hydroxyl groups is 1. The van der Waals surface area contributed by atoms with Gasteiger partial charge in [-0.05, 0) is 75.1 Å². The van der Waals surface area contributed by atoms with E-state index in [1.54, 1.807) is 4.68 Å². The minimum atomic E-state index is -4.73. The average Bonchev–Trinajstić information content (AvgIpc) is 3.64. The van der Waals surface area contributed by atoms with Gasteiger partial charge in [-0.25, -0.2) is 4.68 Å². The lowest BCUT2D eigenvalue weighted by Crippen LogP contribution is -2.38. The van der Waals surface area contributed by atoms with Crippen LogP contribution in [-0.2, 0) is 0 Å². The molecule has 6 nitrogen and oxygen atoms in total. The molecular weight excluding hydrogens is 483 g/mol. The molecule has 1 N–H and O–H groups in total. The number of benzene rings is 1. The van der Waals surface area contributed by atoms with Crippen molar-refractivity contribution >= 4 is 5.91 Å². The summed E-state index contributed by atoms with van der Waals surface area (Å²) in [7, 11) is 0. The van der Waals surface area contributed by atoms with E-state index in [0.717, 1.165) is 44.5 Å². The SMILES string of the molecule is CCCC[C@H](C)CO.Cc1nn(-c2ccc(OC(F)(F)F)cc2)c(C2CC2)c1C(=O)N1CCC(C)CC1. The van der Waals surface area contributed by atoms with Crippen molar-refractivity contribution in [1.82, 2.24) is 14.7 Å². The van der Waals surface area contributed by atoms with Crippen molar-refractivity contribution in [3.63, 3.8) is 0 Å². The van der Waals surface area contributed by atoms with Crippen LogP contribution in [0.3, 0.4) is 0 Å². The van der Waals surface area contributed by atoms with Crippen LogP contribution in [0.1, 0.15) is 93.4 Å². The molecule has 37 heavy (non-hydrogen) atoms. The van der Waals surface area contributed by atoms with Gasteiger partial charge in [0.2, 0.25) is 0 Å². The summed E-state index contributed by atoms with van der Waals surface area (Å²) >= 11 is 0. The molecule has 1 saturated carbocycles. The fourth-order valence-electron chi connectivity index (χ4n) is 4.54. The van der Waals surface area contributed by atoms with E-state index < -0.39 is 6.36 Å². The van der Waals surface area contributed by atoms with Crippen molar-refractivity contribution in [2.24, 2.45) is 11.8 Å². The van der Waals surface area contributed by atoms with E-state index in [9.17, 15) is 18.0 Å². The van der Waals surface area contributed by atoms with E-state index in [0.29, 0.717) is 35.4 Å². The van der Waals surface area contributed by atoms with Crippen LogP contribution >= 0.6 is 0 Å². The van der Waals surface area contributed by atoms with Gasteiger partial charge in [-0.15, -0.1) is 13.2 Å². The van der Waals surface area contributed by atoms with Gasteiger partial charge in [0.1, 0.15) is 5.75 Å². The molecule has 1 aliphatic carbocycles. The minimum absolute atomic E-state index is 0.0135. The first-order chi connectivity index (χ1) is 17.5. The molecule has 2 fully saturated rings. The number of aryl methyl sites for hydroxylation is 1. The Morgan fingerprint density at radius 3 is 2.30 bits per heavy atom. The summed E-state index contributed by atoms with van der Waals surface area (Å²) in [6.07, 6.45) is 2.90. The molecule has 1 amide bonds. The lowest BCUT2D eigenvalue weighted by molar-refractivity contribution is -0.274. The summed E-state index contributed by atoms with van der Waals surface area (Å²) in [6, 6.07) is 5.61. The normalized spacial score (nSPS) is 17.2. The zero-order valence-corrected chi connectivity index (χ0v) is 22.4. The van der Waals surface area contributed by atoms with Gasteiger partial charge in [-0.1, -0.05) is 33.6 Å². The zero-order chi connectivity index (χ0) is 27.2. The fourth-order valence-corrected chi connectivity index (χ4v) is 4.54. The molecular formula is C28H40F3N3O3. The second kappa shape index (κ2) is 12.8. The molecule has 0 radical (unpaired) electrons. The van der Waals surface area contributed by atoms with Crippen LogP contribution in [0.25, 0.3) is 5.69 Å². The van der Waals surface area contributed by atoms with Gasteiger partial charge in [-0.3, -0.25) is 4.79 Å². The Kier molecular flexibility index (Phi) is 10.0. The summed E-state index contributed by atoms with van der Waals surface area (Å²) in [5, 5.41) is 13.1. The molecule has 2 aliphatic rings. The molecule has 0 unspecified atom stereocenters. The average molecular weight is 524 g/mol. The van der Waals surface area contributed by atoms with E-state index in [1.807, 2.05) is 11.8 Å². The van der Waals surface area contributed by atoms with Crippen molar-refractivity contribution in [2.45, 2.75) is 84.9 Å². The van der Waals surface area contributed by atoms with Crippen molar-refractivity contribution < 1.29 is 27.8 Å². The standard InChI is InChI=1S/C21H24F3N3O2.C7H16O/c1-13-9-11-26(12-10-13)20(28)18-14(2)25-27(19(18)15-3-4-15)16-5-7-17(8-6-16)29-21(22,23)24;1-3-4-5-7(2)6-8/h5-8,13,15H,3-4,9-12H2,1-2H3;7-8H,3-6H2,1-2H3/t;7-/m.0/s1. The number of hydrogen-bond acceptors (Lipinski definition) is 4. The summed E-state index contributed by atoms with van der Waals surface area (Å²) in [4.78, 5) is 15.2. The maximum Gasteiger partial charge on any atom is 0.573 e. The lowest BCUT2D eigenvalue weighted by atomic mass is 9.98. The third-order valence-electron chi connectivity index (χ3n) is 7.02. The first-order valence-corrected chi connectivity index (χ1v) is 13.4. The summed E-state index contributed by atoms with van der Waals surface area (Å²) < 4.78 is 42.9. The van der Waals surface area contributed by atoms with Gasteiger partial charge < -0.3 is 14.7 Å². The monoisotopic (exact) mass is 523 g/mol. The molecule has 1 aromatic heterocycles. The predicted octanol–water partition coefficient (Wildman–Crippen LogP) is 6.63. The number of piperidine rings is 1. The molecule has 4 rings (SSSR count). The number of likely N-dealkylation sites (tertiary alicyclic amines) is 1. The van der Waals surface area contributed by atoms with Crippen LogP contribution in [0.5, 0.6) is 5.75 Å². The molecule has 1 saturated heterocycles. The van der Waals surface area contributed by atoms with Crippen LogP contribution in [-0.4, -0.2) is 51.8 Å². The zero-order valence-electron chi connectivity index (χ0n) is 22.4. The Hall–Kier alpha value is -2.55. The Morgan fingerprint density at radius 2 is 1.78 bits per heavy atom. The quantitative estimate of drug-likeness (QED) is 0.422. The summed E-state index contributed by atoms with van der Waals surface area (Å²) in [6.45, 7) is 10.1.